The maximum absolute atomic E-state index is 12.3. The van der Waals surface area contributed by atoms with Crippen LogP contribution in [0.5, 0.6) is 5.75 Å². The van der Waals surface area contributed by atoms with Crippen LogP contribution < -0.4 is 4.74 Å². The normalized spacial score (nSPS) is 11.7. The van der Waals surface area contributed by atoms with Gasteiger partial charge in [0.2, 0.25) is 10.0 Å². The minimum atomic E-state index is -3.69. The van der Waals surface area contributed by atoms with E-state index in [0.29, 0.717) is 5.75 Å². The zero-order valence-corrected chi connectivity index (χ0v) is 12.8. The van der Waals surface area contributed by atoms with Crippen LogP contribution in [-0.4, -0.2) is 44.5 Å². The molecular formula is C13H19NO5S. The third-order valence-electron chi connectivity index (χ3n) is 2.99. The zero-order chi connectivity index (χ0) is 15.5. The van der Waals surface area contributed by atoms with Crippen LogP contribution in [0.1, 0.15) is 17.5 Å². The van der Waals surface area contributed by atoms with E-state index in [-0.39, 0.29) is 17.9 Å². The molecule has 1 aromatic carbocycles. The Balaban J connectivity index is 3.13. The third-order valence-corrected chi connectivity index (χ3v) is 4.82. The first kappa shape index (κ1) is 16.5. The molecule has 0 bridgehead atoms. The van der Waals surface area contributed by atoms with Crippen LogP contribution in [0.2, 0.25) is 0 Å². The molecule has 0 spiro atoms. The Morgan fingerprint density at radius 3 is 2.20 bits per heavy atom. The van der Waals surface area contributed by atoms with Crippen LogP contribution in [0.4, 0.5) is 0 Å². The number of aryl methyl sites for hydroxylation is 2. The molecule has 0 aliphatic carbocycles. The molecule has 0 unspecified atom stereocenters. The summed E-state index contributed by atoms with van der Waals surface area (Å²) in [4.78, 5) is 10.7. The fourth-order valence-corrected chi connectivity index (χ4v) is 3.28. The van der Waals surface area contributed by atoms with Gasteiger partial charge in [-0.3, -0.25) is 4.79 Å². The van der Waals surface area contributed by atoms with Crippen LogP contribution in [-0.2, 0) is 14.8 Å². The van der Waals surface area contributed by atoms with Crippen molar-refractivity contribution in [3.63, 3.8) is 0 Å². The fraction of sp³-hybridized carbons (Fsp3) is 0.462. The summed E-state index contributed by atoms with van der Waals surface area (Å²) in [5.74, 6) is -0.383. The first-order chi connectivity index (χ1) is 9.20. The number of carbonyl (C=O) groups is 1. The van der Waals surface area contributed by atoms with Crippen molar-refractivity contribution in [1.82, 2.24) is 4.31 Å². The van der Waals surface area contributed by atoms with Crippen LogP contribution in [0.25, 0.3) is 0 Å². The van der Waals surface area contributed by atoms with Gasteiger partial charge in [0.05, 0.1) is 18.4 Å². The number of aliphatic carboxylic acids is 1. The van der Waals surface area contributed by atoms with Crippen LogP contribution in [0.3, 0.4) is 0 Å². The lowest BCUT2D eigenvalue weighted by atomic mass is 10.1. The summed E-state index contributed by atoms with van der Waals surface area (Å²) in [5.41, 5.74) is 1.44. The molecule has 0 fully saturated rings. The predicted octanol–water partition coefficient (Wildman–Crippen LogP) is 1.41. The van der Waals surface area contributed by atoms with E-state index in [1.54, 1.807) is 13.8 Å². The number of methoxy groups -OCH3 is 1. The van der Waals surface area contributed by atoms with E-state index < -0.39 is 16.0 Å². The van der Waals surface area contributed by atoms with Crippen molar-refractivity contribution in [2.75, 3.05) is 20.7 Å². The maximum Gasteiger partial charge on any atom is 0.304 e. The summed E-state index contributed by atoms with van der Waals surface area (Å²) in [5, 5.41) is 8.62. The lowest BCUT2D eigenvalue weighted by Crippen LogP contribution is -2.29. The Morgan fingerprint density at radius 1 is 1.30 bits per heavy atom. The lowest BCUT2D eigenvalue weighted by molar-refractivity contribution is -0.137. The van der Waals surface area contributed by atoms with E-state index in [4.69, 9.17) is 9.84 Å². The smallest absolute Gasteiger partial charge is 0.304 e. The largest absolute Gasteiger partial charge is 0.496 e. The van der Waals surface area contributed by atoms with Gasteiger partial charge >= 0.3 is 5.97 Å². The van der Waals surface area contributed by atoms with Gasteiger partial charge in [0.25, 0.3) is 0 Å². The average molecular weight is 301 g/mol. The van der Waals surface area contributed by atoms with Gasteiger partial charge in [-0.2, -0.15) is 0 Å². The Kier molecular flexibility index (Phi) is 5.13. The maximum atomic E-state index is 12.3. The average Bonchev–Trinajstić information content (AvgIpc) is 2.35. The number of rotatable bonds is 6. The summed E-state index contributed by atoms with van der Waals surface area (Å²) >= 11 is 0. The van der Waals surface area contributed by atoms with E-state index in [0.717, 1.165) is 15.4 Å². The van der Waals surface area contributed by atoms with Gasteiger partial charge < -0.3 is 9.84 Å². The number of nitrogens with zero attached hydrogens (tertiary/aromatic N) is 1. The Labute approximate surface area is 119 Å². The summed E-state index contributed by atoms with van der Waals surface area (Å²) in [7, 11) is -0.792. The standard InChI is InChI=1S/C13H19NO5S/c1-9-7-11(8-10(2)13(9)19-4)20(17,18)14(3)6-5-12(15)16/h7-8H,5-6H2,1-4H3,(H,15,16). The lowest BCUT2D eigenvalue weighted by Gasteiger charge is -2.18. The fourth-order valence-electron chi connectivity index (χ4n) is 1.93. The summed E-state index contributed by atoms with van der Waals surface area (Å²) in [6.45, 7) is 3.46. The van der Waals surface area contributed by atoms with Crippen LogP contribution >= 0.6 is 0 Å². The van der Waals surface area contributed by atoms with Crippen LogP contribution in [0, 0.1) is 13.8 Å². The van der Waals surface area contributed by atoms with Gasteiger partial charge in [-0.25, -0.2) is 12.7 Å². The van der Waals surface area contributed by atoms with Crippen molar-refractivity contribution in [1.29, 1.82) is 0 Å². The molecule has 112 valence electrons. The van der Waals surface area contributed by atoms with E-state index in [1.807, 2.05) is 0 Å². The zero-order valence-electron chi connectivity index (χ0n) is 12.0. The van der Waals surface area contributed by atoms with E-state index >= 15 is 0 Å². The second-order valence-corrected chi connectivity index (χ2v) is 6.61. The number of ether oxygens (including phenoxy) is 1. The molecule has 0 saturated heterocycles. The van der Waals surface area contributed by atoms with Crippen LogP contribution in [0.15, 0.2) is 17.0 Å². The number of benzene rings is 1. The van der Waals surface area contributed by atoms with Crippen molar-refractivity contribution in [2.24, 2.45) is 0 Å². The minimum Gasteiger partial charge on any atom is -0.496 e. The van der Waals surface area contributed by atoms with E-state index in [9.17, 15) is 13.2 Å². The molecule has 0 atom stereocenters. The van der Waals surface area contributed by atoms with E-state index in [2.05, 4.69) is 0 Å². The molecule has 0 aliphatic rings. The van der Waals surface area contributed by atoms with Gasteiger partial charge in [-0.1, -0.05) is 0 Å². The molecule has 1 N–H and O–H groups in total. The molecule has 7 heteroatoms. The molecule has 6 nitrogen and oxygen atoms in total. The highest BCUT2D eigenvalue weighted by Gasteiger charge is 2.23. The monoisotopic (exact) mass is 301 g/mol. The van der Waals surface area contributed by atoms with Crippen molar-refractivity contribution >= 4 is 16.0 Å². The quantitative estimate of drug-likeness (QED) is 0.858. The third kappa shape index (κ3) is 3.49. The molecule has 1 rings (SSSR count). The van der Waals surface area contributed by atoms with Gasteiger partial charge in [0, 0.05) is 13.6 Å². The predicted molar refractivity (Wildman–Crippen MR) is 74.5 cm³/mol. The van der Waals surface area contributed by atoms with Crippen molar-refractivity contribution in [3.8, 4) is 5.75 Å². The molecule has 0 saturated carbocycles. The number of carboxylic acids is 1. The highest BCUT2D eigenvalue weighted by molar-refractivity contribution is 7.89. The van der Waals surface area contributed by atoms with Gasteiger partial charge in [-0.05, 0) is 37.1 Å². The van der Waals surface area contributed by atoms with Crippen molar-refractivity contribution < 1.29 is 23.1 Å². The first-order valence-electron chi connectivity index (χ1n) is 6.03. The number of carboxylic acid groups (broad SMARTS) is 1. The van der Waals surface area contributed by atoms with Crippen molar-refractivity contribution in [2.45, 2.75) is 25.2 Å². The number of hydrogen-bond donors (Lipinski definition) is 1. The number of hydrogen-bond acceptors (Lipinski definition) is 4. The highest BCUT2D eigenvalue weighted by Crippen LogP contribution is 2.27. The summed E-state index contributed by atoms with van der Waals surface area (Å²) < 4.78 is 30.9. The first-order valence-corrected chi connectivity index (χ1v) is 7.47. The number of sulfonamides is 1. The Hall–Kier alpha value is -1.60. The van der Waals surface area contributed by atoms with Gasteiger partial charge in [-0.15, -0.1) is 0 Å². The minimum absolute atomic E-state index is 0.0677. The Bertz CT molecular complexity index is 586. The van der Waals surface area contributed by atoms with Gasteiger partial charge in [0.15, 0.2) is 0 Å². The molecule has 20 heavy (non-hydrogen) atoms. The van der Waals surface area contributed by atoms with Gasteiger partial charge in [0.1, 0.15) is 5.75 Å². The molecule has 0 heterocycles. The SMILES string of the molecule is COc1c(C)cc(S(=O)(=O)N(C)CCC(=O)O)cc1C. The highest BCUT2D eigenvalue weighted by atomic mass is 32.2. The molecule has 0 aliphatic heterocycles. The summed E-state index contributed by atoms with van der Waals surface area (Å²) in [6, 6.07) is 3.05. The second-order valence-electron chi connectivity index (χ2n) is 4.56. The molecule has 0 radical (unpaired) electrons. The topological polar surface area (TPSA) is 83.9 Å². The Morgan fingerprint density at radius 2 is 1.80 bits per heavy atom. The molecule has 0 amide bonds. The van der Waals surface area contributed by atoms with E-state index in [1.165, 1.54) is 26.3 Å². The molecule has 1 aromatic rings. The van der Waals surface area contributed by atoms with Crippen molar-refractivity contribution in [3.05, 3.63) is 23.3 Å². The molecule has 0 aromatic heterocycles. The summed E-state index contributed by atoms with van der Waals surface area (Å²) in [6.07, 6.45) is -0.232. The second kappa shape index (κ2) is 6.23. The molecular weight excluding hydrogens is 282 g/mol.